The Morgan fingerprint density at radius 2 is 1.59 bits per heavy atom. The molecule has 2 aromatic carbocycles. The lowest BCUT2D eigenvalue weighted by molar-refractivity contribution is -0.915. The summed E-state index contributed by atoms with van der Waals surface area (Å²) < 4.78 is 0. The first-order valence-electron chi connectivity index (χ1n) is 9.36. The van der Waals surface area contributed by atoms with Gasteiger partial charge in [-0.05, 0) is 30.7 Å². The number of piperazine rings is 1. The second-order valence-electron chi connectivity index (χ2n) is 7.24. The van der Waals surface area contributed by atoms with Crippen molar-refractivity contribution in [2.75, 3.05) is 36.0 Å². The van der Waals surface area contributed by atoms with E-state index in [1.165, 1.54) is 4.90 Å². The Bertz CT molecular complexity index is 874. The van der Waals surface area contributed by atoms with Gasteiger partial charge in [0.05, 0.1) is 44.0 Å². The summed E-state index contributed by atoms with van der Waals surface area (Å²) in [4.78, 5) is 30.2. The van der Waals surface area contributed by atoms with Crippen molar-refractivity contribution in [2.45, 2.75) is 19.4 Å². The molecule has 2 N–H and O–H groups in total. The number of aromatic hydroxyl groups is 1. The van der Waals surface area contributed by atoms with Crippen molar-refractivity contribution >= 4 is 23.2 Å². The predicted octanol–water partition coefficient (Wildman–Crippen LogP) is 0.738. The van der Waals surface area contributed by atoms with Gasteiger partial charge >= 0.3 is 0 Å². The average Bonchev–Trinajstić information content (AvgIpc) is 2.97. The Morgan fingerprint density at radius 1 is 0.963 bits per heavy atom. The number of aryl methyl sites for hydroxylation is 1. The molecule has 27 heavy (non-hydrogen) atoms. The predicted molar refractivity (Wildman–Crippen MR) is 103 cm³/mol. The van der Waals surface area contributed by atoms with Crippen LogP contribution in [0.1, 0.15) is 12.0 Å². The molecule has 2 heterocycles. The number of amides is 2. The number of rotatable bonds is 3. The van der Waals surface area contributed by atoms with Crippen molar-refractivity contribution < 1.29 is 19.6 Å². The van der Waals surface area contributed by atoms with Crippen molar-refractivity contribution in [3.8, 4) is 5.75 Å². The molecule has 140 valence electrons. The van der Waals surface area contributed by atoms with Gasteiger partial charge in [0.15, 0.2) is 6.04 Å². The quantitative estimate of drug-likeness (QED) is 0.787. The number of benzene rings is 2. The summed E-state index contributed by atoms with van der Waals surface area (Å²) in [7, 11) is 0. The summed E-state index contributed by atoms with van der Waals surface area (Å²) in [5, 5.41) is 10.0. The lowest BCUT2D eigenvalue weighted by atomic mass is 10.1. The molecule has 4 rings (SSSR count). The molecule has 2 fully saturated rings. The number of quaternary nitrogens is 1. The van der Waals surface area contributed by atoms with Crippen molar-refractivity contribution in [3.05, 3.63) is 54.1 Å². The molecule has 6 heteroatoms. The van der Waals surface area contributed by atoms with Gasteiger partial charge in [0.2, 0.25) is 5.91 Å². The second-order valence-corrected chi connectivity index (χ2v) is 7.24. The maximum absolute atomic E-state index is 13.0. The van der Waals surface area contributed by atoms with Crippen LogP contribution in [0.15, 0.2) is 48.5 Å². The van der Waals surface area contributed by atoms with Crippen LogP contribution in [0.4, 0.5) is 11.4 Å². The van der Waals surface area contributed by atoms with E-state index in [4.69, 9.17) is 0 Å². The van der Waals surface area contributed by atoms with Gasteiger partial charge in [-0.2, -0.15) is 0 Å². The minimum absolute atomic E-state index is 0.0969. The molecule has 0 radical (unpaired) electrons. The number of nitrogens with one attached hydrogen (secondary N) is 1. The van der Waals surface area contributed by atoms with Crippen LogP contribution in [-0.4, -0.2) is 49.1 Å². The topological polar surface area (TPSA) is 65.3 Å². The Balaban J connectivity index is 1.46. The second kappa shape index (κ2) is 7.04. The van der Waals surface area contributed by atoms with E-state index in [1.54, 1.807) is 6.07 Å². The molecule has 1 atom stereocenters. The largest absolute Gasteiger partial charge is 0.506 e. The fraction of sp³-hybridized carbons (Fsp3) is 0.333. The van der Waals surface area contributed by atoms with Gasteiger partial charge in [-0.25, -0.2) is 4.90 Å². The molecule has 2 aliphatic heterocycles. The smallest absolute Gasteiger partial charge is 0.292 e. The third-order valence-electron chi connectivity index (χ3n) is 5.62. The molecule has 0 aliphatic carbocycles. The van der Waals surface area contributed by atoms with E-state index in [1.807, 2.05) is 49.4 Å². The maximum atomic E-state index is 13.0. The first-order chi connectivity index (χ1) is 13.1. The monoisotopic (exact) mass is 366 g/mol. The number of hydrogen-bond donors (Lipinski definition) is 2. The van der Waals surface area contributed by atoms with Gasteiger partial charge < -0.3 is 14.9 Å². The molecule has 0 unspecified atom stereocenters. The molecule has 0 spiro atoms. The van der Waals surface area contributed by atoms with Crippen LogP contribution in [0, 0.1) is 6.92 Å². The number of nitrogens with zero attached hydrogens (tertiary/aromatic N) is 2. The number of anilines is 2. The SMILES string of the molecule is Cc1ccccc1N1C(=O)C[C@H]([NH+]2CCN(c3ccccc3O)CC2)C1=O. The summed E-state index contributed by atoms with van der Waals surface area (Å²) in [6.45, 7) is 4.94. The Hall–Kier alpha value is -2.86. The van der Waals surface area contributed by atoms with Crippen molar-refractivity contribution in [2.24, 2.45) is 0 Å². The highest BCUT2D eigenvalue weighted by atomic mass is 16.3. The summed E-state index contributed by atoms with van der Waals surface area (Å²) in [6.07, 6.45) is 0.263. The molecule has 2 saturated heterocycles. The number of carbonyl (C=O) groups is 2. The zero-order chi connectivity index (χ0) is 19.0. The molecule has 0 bridgehead atoms. The Kier molecular flexibility index (Phi) is 4.58. The van der Waals surface area contributed by atoms with Crippen LogP contribution in [0.3, 0.4) is 0 Å². The number of para-hydroxylation sites is 3. The number of imide groups is 1. The molecule has 2 aromatic rings. The van der Waals surface area contributed by atoms with Gasteiger partial charge in [-0.1, -0.05) is 30.3 Å². The molecular formula is C21H24N3O3+. The van der Waals surface area contributed by atoms with E-state index < -0.39 is 0 Å². The van der Waals surface area contributed by atoms with Gasteiger partial charge in [-0.15, -0.1) is 0 Å². The van der Waals surface area contributed by atoms with E-state index in [2.05, 4.69) is 4.90 Å². The third kappa shape index (κ3) is 3.17. The highest BCUT2D eigenvalue weighted by molar-refractivity contribution is 6.22. The fourth-order valence-corrected chi connectivity index (χ4v) is 4.13. The fourth-order valence-electron chi connectivity index (χ4n) is 4.13. The summed E-state index contributed by atoms with van der Waals surface area (Å²) in [5.41, 5.74) is 2.45. The Labute approximate surface area is 158 Å². The first kappa shape index (κ1) is 17.5. The summed E-state index contributed by atoms with van der Waals surface area (Å²) in [5.74, 6) is 0.0639. The minimum atomic E-state index is -0.316. The van der Waals surface area contributed by atoms with Gasteiger partial charge in [0, 0.05) is 0 Å². The molecule has 2 aliphatic rings. The zero-order valence-corrected chi connectivity index (χ0v) is 15.4. The van der Waals surface area contributed by atoms with E-state index in [0.29, 0.717) is 5.69 Å². The number of phenolic OH excluding ortho intramolecular Hbond substituents is 1. The van der Waals surface area contributed by atoms with Crippen LogP contribution in [0.25, 0.3) is 0 Å². The van der Waals surface area contributed by atoms with E-state index in [9.17, 15) is 14.7 Å². The van der Waals surface area contributed by atoms with E-state index in [-0.39, 0.29) is 30.0 Å². The zero-order valence-electron chi connectivity index (χ0n) is 15.4. The minimum Gasteiger partial charge on any atom is -0.506 e. The van der Waals surface area contributed by atoms with Crippen LogP contribution >= 0.6 is 0 Å². The van der Waals surface area contributed by atoms with Crippen LogP contribution in [-0.2, 0) is 9.59 Å². The molecular weight excluding hydrogens is 342 g/mol. The van der Waals surface area contributed by atoms with Crippen molar-refractivity contribution in [1.82, 2.24) is 0 Å². The highest BCUT2D eigenvalue weighted by Gasteiger charge is 2.46. The average molecular weight is 366 g/mol. The number of hydrogen-bond acceptors (Lipinski definition) is 4. The molecule has 6 nitrogen and oxygen atoms in total. The van der Waals surface area contributed by atoms with Gasteiger partial charge in [0.25, 0.3) is 5.91 Å². The van der Waals surface area contributed by atoms with Gasteiger partial charge in [0.1, 0.15) is 5.75 Å². The lowest BCUT2D eigenvalue weighted by Gasteiger charge is -2.35. The third-order valence-corrected chi connectivity index (χ3v) is 5.62. The van der Waals surface area contributed by atoms with Crippen LogP contribution in [0.5, 0.6) is 5.75 Å². The van der Waals surface area contributed by atoms with Crippen LogP contribution < -0.4 is 14.7 Å². The molecule has 0 aromatic heterocycles. The molecule has 0 saturated carbocycles. The van der Waals surface area contributed by atoms with E-state index in [0.717, 1.165) is 42.3 Å². The summed E-state index contributed by atoms with van der Waals surface area (Å²) in [6, 6.07) is 14.5. The van der Waals surface area contributed by atoms with Crippen molar-refractivity contribution in [1.29, 1.82) is 0 Å². The highest BCUT2D eigenvalue weighted by Crippen LogP contribution is 2.27. The Morgan fingerprint density at radius 3 is 2.26 bits per heavy atom. The molecule has 2 amide bonds. The lowest BCUT2D eigenvalue weighted by Crippen LogP contribution is -3.19. The normalized spacial score (nSPS) is 21.1. The van der Waals surface area contributed by atoms with Crippen LogP contribution in [0.2, 0.25) is 0 Å². The van der Waals surface area contributed by atoms with Crippen molar-refractivity contribution in [3.63, 3.8) is 0 Å². The summed E-state index contributed by atoms with van der Waals surface area (Å²) >= 11 is 0. The van der Waals surface area contributed by atoms with E-state index >= 15 is 0 Å². The van der Waals surface area contributed by atoms with Gasteiger partial charge in [-0.3, -0.25) is 9.59 Å². The maximum Gasteiger partial charge on any atom is 0.292 e. The number of phenols is 1. The number of carbonyl (C=O) groups excluding carboxylic acids is 2. The standard InChI is InChI=1S/C21H23N3O3/c1-15-6-2-3-7-16(15)24-20(26)14-18(21(24)27)23-12-10-22(11-13-23)17-8-4-5-9-19(17)25/h2-9,18,25H,10-14H2,1H3/p+1/t18-/m0/s1. The first-order valence-corrected chi connectivity index (χ1v) is 9.36.